The molecule has 2 aromatic carbocycles. The molecule has 1 amide bonds. The topological polar surface area (TPSA) is 90.6 Å². The van der Waals surface area contributed by atoms with E-state index in [1.54, 1.807) is 31.2 Å². The number of ketones is 1. The number of alkyl halides is 3. The second kappa shape index (κ2) is 9.13. The number of allylic oxidation sites excluding steroid dienone is 2. The van der Waals surface area contributed by atoms with Crippen molar-refractivity contribution in [2.75, 3.05) is 0 Å². The summed E-state index contributed by atoms with van der Waals surface area (Å²) in [5.74, 6) is -1.17. The summed E-state index contributed by atoms with van der Waals surface area (Å²) in [5, 5.41) is 2.30. The van der Waals surface area contributed by atoms with Crippen molar-refractivity contribution in [3.05, 3.63) is 77.1 Å². The lowest BCUT2D eigenvalue weighted by molar-refractivity contribution is -0.274. The zero-order chi connectivity index (χ0) is 21.6. The summed E-state index contributed by atoms with van der Waals surface area (Å²) in [6.45, 7) is 3.06. The van der Waals surface area contributed by atoms with Crippen molar-refractivity contribution in [3.63, 3.8) is 0 Å². The lowest BCUT2D eigenvalue weighted by Gasteiger charge is -2.16. The first-order chi connectivity index (χ1) is 13.6. The SMILES string of the molecule is CC(N)=C(NC(=O)OC(C)c1ccccc1)C(=O)c1ccc(OC(F)(F)F)cc1. The van der Waals surface area contributed by atoms with Crippen LogP contribution >= 0.6 is 0 Å². The van der Waals surface area contributed by atoms with Crippen molar-refractivity contribution in [2.24, 2.45) is 5.73 Å². The van der Waals surface area contributed by atoms with Crippen LogP contribution in [0.4, 0.5) is 18.0 Å². The monoisotopic (exact) mass is 408 g/mol. The molecular formula is C20H19F3N2O4. The molecule has 0 heterocycles. The van der Waals surface area contributed by atoms with E-state index in [9.17, 15) is 22.8 Å². The van der Waals surface area contributed by atoms with Gasteiger partial charge in [0, 0.05) is 11.3 Å². The van der Waals surface area contributed by atoms with Gasteiger partial charge in [0.2, 0.25) is 5.78 Å². The smallest absolute Gasteiger partial charge is 0.441 e. The number of hydrogen-bond acceptors (Lipinski definition) is 5. The molecule has 9 heteroatoms. The quantitative estimate of drug-likeness (QED) is 0.545. The summed E-state index contributed by atoms with van der Waals surface area (Å²) in [5.41, 5.74) is 6.23. The average molecular weight is 408 g/mol. The summed E-state index contributed by atoms with van der Waals surface area (Å²) < 4.78 is 45.7. The number of nitrogens with two attached hydrogens (primary N) is 1. The van der Waals surface area contributed by atoms with Gasteiger partial charge in [0.05, 0.1) is 0 Å². The molecule has 0 fully saturated rings. The number of amides is 1. The minimum Gasteiger partial charge on any atom is -0.441 e. The van der Waals surface area contributed by atoms with E-state index in [0.717, 1.165) is 29.8 Å². The predicted molar refractivity (Wildman–Crippen MR) is 98.8 cm³/mol. The molecule has 2 rings (SSSR count). The Kier molecular flexibility index (Phi) is 6.87. The molecule has 0 saturated carbocycles. The Balaban J connectivity index is 2.08. The zero-order valence-corrected chi connectivity index (χ0v) is 15.6. The van der Waals surface area contributed by atoms with Crippen molar-refractivity contribution in [3.8, 4) is 5.75 Å². The summed E-state index contributed by atoms with van der Waals surface area (Å²) in [4.78, 5) is 24.8. The molecule has 0 aliphatic rings. The Morgan fingerprint density at radius 2 is 1.62 bits per heavy atom. The third-order valence-corrected chi connectivity index (χ3v) is 3.75. The number of ether oxygens (including phenoxy) is 2. The third kappa shape index (κ3) is 6.56. The van der Waals surface area contributed by atoms with Gasteiger partial charge in [-0.3, -0.25) is 10.1 Å². The Morgan fingerprint density at radius 3 is 2.14 bits per heavy atom. The third-order valence-electron chi connectivity index (χ3n) is 3.75. The molecule has 1 unspecified atom stereocenters. The summed E-state index contributed by atoms with van der Waals surface area (Å²) in [6, 6.07) is 13.2. The van der Waals surface area contributed by atoms with Crippen LogP contribution < -0.4 is 15.8 Å². The van der Waals surface area contributed by atoms with Crippen LogP contribution in [0.1, 0.15) is 35.9 Å². The first kappa shape index (κ1) is 21.8. The number of hydrogen-bond donors (Lipinski definition) is 2. The highest BCUT2D eigenvalue weighted by Gasteiger charge is 2.31. The van der Waals surface area contributed by atoms with Crippen LogP contribution in [0, 0.1) is 0 Å². The first-order valence-electron chi connectivity index (χ1n) is 8.46. The van der Waals surface area contributed by atoms with Crippen molar-refractivity contribution < 1.29 is 32.2 Å². The minimum absolute atomic E-state index is 0.00920. The molecule has 0 spiro atoms. The molecule has 0 radical (unpaired) electrons. The first-order valence-corrected chi connectivity index (χ1v) is 8.46. The number of Topliss-reactive ketones (excluding diaryl/α,β-unsaturated/α-hetero) is 1. The van der Waals surface area contributed by atoms with Gasteiger partial charge >= 0.3 is 12.5 Å². The Labute approximate surface area is 165 Å². The largest absolute Gasteiger partial charge is 0.573 e. The molecule has 0 aliphatic carbocycles. The molecule has 0 aromatic heterocycles. The van der Waals surface area contributed by atoms with E-state index in [2.05, 4.69) is 10.1 Å². The van der Waals surface area contributed by atoms with Gasteiger partial charge < -0.3 is 15.2 Å². The van der Waals surface area contributed by atoms with Gasteiger partial charge in [0.15, 0.2) is 0 Å². The molecule has 0 bridgehead atoms. The van der Waals surface area contributed by atoms with Crippen LogP contribution in [0.25, 0.3) is 0 Å². The fraction of sp³-hybridized carbons (Fsp3) is 0.200. The highest BCUT2D eigenvalue weighted by Crippen LogP contribution is 2.23. The highest BCUT2D eigenvalue weighted by molar-refractivity contribution is 6.10. The molecule has 0 aliphatic heterocycles. The summed E-state index contributed by atoms with van der Waals surface area (Å²) in [6.07, 6.45) is -6.32. The number of carbonyl (C=O) groups is 2. The Morgan fingerprint density at radius 1 is 1.03 bits per heavy atom. The van der Waals surface area contributed by atoms with Gasteiger partial charge in [-0.2, -0.15) is 0 Å². The second-order valence-corrected chi connectivity index (χ2v) is 6.04. The molecule has 6 nitrogen and oxygen atoms in total. The predicted octanol–water partition coefficient (Wildman–Crippen LogP) is 4.45. The van der Waals surface area contributed by atoms with E-state index in [-0.39, 0.29) is 17.0 Å². The molecule has 2 aromatic rings. The number of alkyl carbamates (subject to hydrolysis) is 1. The van der Waals surface area contributed by atoms with E-state index in [0.29, 0.717) is 0 Å². The maximum Gasteiger partial charge on any atom is 0.573 e. The fourth-order valence-corrected chi connectivity index (χ4v) is 2.37. The zero-order valence-electron chi connectivity index (χ0n) is 15.6. The Bertz CT molecular complexity index is 890. The van der Waals surface area contributed by atoms with Crippen LogP contribution in [0.5, 0.6) is 5.75 Å². The van der Waals surface area contributed by atoms with Gasteiger partial charge in [0.25, 0.3) is 0 Å². The van der Waals surface area contributed by atoms with E-state index < -0.39 is 30.1 Å². The number of rotatable bonds is 6. The minimum atomic E-state index is -4.84. The van der Waals surface area contributed by atoms with E-state index in [1.165, 1.54) is 6.92 Å². The maximum atomic E-state index is 12.6. The maximum absolute atomic E-state index is 12.6. The van der Waals surface area contributed by atoms with Crippen LogP contribution in [-0.4, -0.2) is 18.2 Å². The van der Waals surface area contributed by atoms with Crippen molar-refractivity contribution in [2.45, 2.75) is 26.3 Å². The summed E-state index contributed by atoms with van der Waals surface area (Å²) in [7, 11) is 0. The van der Waals surface area contributed by atoms with Gasteiger partial charge in [-0.05, 0) is 43.7 Å². The van der Waals surface area contributed by atoms with Crippen LogP contribution in [-0.2, 0) is 4.74 Å². The van der Waals surface area contributed by atoms with Gasteiger partial charge in [0.1, 0.15) is 17.6 Å². The van der Waals surface area contributed by atoms with Gasteiger partial charge in [-0.1, -0.05) is 30.3 Å². The molecular weight excluding hydrogens is 389 g/mol. The van der Waals surface area contributed by atoms with E-state index >= 15 is 0 Å². The molecule has 154 valence electrons. The molecule has 3 N–H and O–H groups in total. The van der Waals surface area contributed by atoms with Crippen LogP contribution in [0.15, 0.2) is 66.0 Å². The lowest BCUT2D eigenvalue weighted by Crippen LogP contribution is -2.31. The normalized spacial score (nSPS) is 13.1. The van der Waals surface area contributed by atoms with Gasteiger partial charge in [-0.15, -0.1) is 13.2 Å². The number of carbonyl (C=O) groups excluding carboxylic acids is 2. The highest BCUT2D eigenvalue weighted by atomic mass is 19.4. The van der Waals surface area contributed by atoms with Crippen molar-refractivity contribution in [1.29, 1.82) is 0 Å². The number of benzene rings is 2. The van der Waals surface area contributed by atoms with Gasteiger partial charge in [-0.25, -0.2) is 4.79 Å². The lowest BCUT2D eigenvalue weighted by atomic mass is 10.1. The van der Waals surface area contributed by atoms with Crippen molar-refractivity contribution in [1.82, 2.24) is 5.32 Å². The number of halogens is 3. The molecule has 29 heavy (non-hydrogen) atoms. The van der Waals surface area contributed by atoms with Crippen LogP contribution in [0.3, 0.4) is 0 Å². The number of nitrogens with one attached hydrogen (secondary N) is 1. The molecule has 1 atom stereocenters. The average Bonchev–Trinajstić information content (AvgIpc) is 2.65. The molecule has 0 saturated heterocycles. The standard InChI is InChI=1S/C20H19F3N2O4/c1-12(24)17(25-19(27)28-13(2)14-6-4-3-5-7-14)18(26)15-8-10-16(11-9-15)29-20(21,22)23/h3-11,13H,24H2,1-2H3,(H,25,27). The Hall–Kier alpha value is -3.49. The second-order valence-electron chi connectivity index (χ2n) is 6.04. The van der Waals surface area contributed by atoms with Crippen LogP contribution in [0.2, 0.25) is 0 Å². The van der Waals surface area contributed by atoms with E-state index in [4.69, 9.17) is 10.5 Å². The summed E-state index contributed by atoms with van der Waals surface area (Å²) >= 11 is 0. The van der Waals surface area contributed by atoms with Crippen molar-refractivity contribution >= 4 is 11.9 Å². The van der Waals surface area contributed by atoms with E-state index in [1.807, 2.05) is 6.07 Å². The fourth-order valence-electron chi connectivity index (χ4n) is 2.37.